The van der Waals surface area contributed by atoms with Gasteiger partial charge < -0.3 is 10.2 Å². The van der Waals surface area contributed by atoms with Gasteiger partial charge in [-0.2, -0.15) is 5.10 Å². The average molecular weight is 217 g/mol. The molecule has 1 saturated heterocycles. The number of rotatable bonds is 1. The van der Waals surface area contributed by atoms with Crippen LogP contribution in [0.25, 0.3) is 10.9 Å². The van der Waals surface area contributed by atoms with E-state index in [0.29, 0.717) is 0 Å². The molecule has 2 aromatic rings. The fourth-order valence-corrected chi connectivity index (χ4v) is 2.21. The van der Waals surface area contributed by atoms with Crippen LogP contribution >= 0.6 is 0 Å². The monoisotopic (exact) mass is 217 g/mol. The summed E-state index contributed by atoms with van der Waals surface area (Å²) in [6.07, 6.45) is 1.83. The third kappa shape index (κ3) is 1.44. The highest BCUT2D eigenvalue weighted by Gasteiger charge is 2.16. The maximum atomic E-state index is 4.50. The van der Waals surface area contributed by atoms with Crippen molar-refractivity contribution in [3.8, 4) is 0 Å². The number of anilines is 1. The summed E-state index contributed by atoms with van der Waals surface area (Å²) in [5.74, 6) is 1.06. The number of hydrogen-bond acceptors (Lipinski definition) is 4. The lowest BCUT2D eigenvalue weighted by Gasteiger charge is -2.28. The van der Waals surface area contributed by atoms with Crippen molar-refractivity contribution in [3.63, 3.8) is 0 Å². The first kappa shape index (κ1) is 9.59. The Morgan fingerprint density at radius 2 is 2.12 bits per heavy atom. The van der Waals surface area contributed by atoms with Crippen molar-refractivity contribution < 1.29 is 0 Å². The molecule has 1 aliphatic rings. The highest BCUT2D eigenvalue weighted by Crippen LogP contribution is 2.25. The molecule has 5 heteroatoms. The highest BCUT2D eigenvalue weighted by atomic mass is 15.2. The van der Waals surface area contributed by atoms with Crippen molar-refractivity contribution in [1.29, 1.82) is 0 Å². The van der Waals surface area contributed by atoms with Crippen LogP contribution in [-0.4, -0.2) is 41.4 Å². The van der Waals surface area contributed by atoms with Crippen LogP contribution in [0.15, 0.2) is 12.3 Å². The smallest absolute Gasteiger partial charge is 0.139 e. The number of fused-ring (bicyclic) bond motifs is 1. The van der Waals surface area contributed by atoms with Crippen LogP contribution in [0.2, 0.25) is 0 Å². The summed E-state index contributed by atoms with van der Waals surface area (Å²) in [5.41, 5.74) is 2.10. The average Bonchev–Trinajstić information content (AvgIpc) is 2.73. The van der Waals surface area contributed by atoms with E-state index < -0.39 is 0 Å². The zero-order valence-electron chi connectivity index (χ0n) is 9.32. The molecule has 1 fully saturated rings. The molecule has 3 heterocycles. The van der Waals surface area contributed by atoms with Gasteiger partial charge in [0.25, 0.3) is 0 Å². The Morgan fingerprint density at radius 1 is 1.31 bits per heavy atom. The van der Waals surface area contributed by atoms with E-state index in [1.165, 1.54) is 0 Å². The Bertz CT molecular complexity index is 498. The van der Waals surface area contributed by atoms with E-state index in [1.54, 1.807) is 0 Å². The summed E-state index contributed by atoms with van der Waals surface area (Å²) >= 11 is 0. The Kier molecular flexibility index (Phi) is 2.25. The van der Waals surface area contributed by atoms with E-state index in [9.17, 15) is 0 Å². The van der Waals surface area contributed by atoms with Crippen LogP contribution in [0.1, 0.15) is 5.69 Å². The molecule has 0 amide bonds. The molecular formula is C11H15N5. The van der Waals surface area contributed by atoms with Gasteiger partial charge in [-0.15, -0.1) is 0 Å². The molecule has 0 radical (unpaired) electrons. The number of hydrogen-bond donors (Lipinski definition) is 2. The molecule has 84 valence electrons. The maximum absolute atomic E-state index is 4.50. The number of piperazine rings is 1. The summed E-state index contributed by atoms with van der Waals surface area (Å²) in [5, 5.41) is 11.8. The van der Waals surface area contributed by atoms with Crippen molar-refractivity contribution in [2.75, 3.05) is 31.1 Å². The minimum absolute atomic E-state index is 1.00. The van der Waals surface area contributed by atoms with E-state index in [2.05, 4.69) is 25.4 Å². The Morgan fingerprint density at radius 3 is 2.94 bits per heavy atom. The first-order chi connectivity index (χ1) is 7.86. The lowest BCUT2D eigenvalue weighted by atomic mass is 10.2. The molecule has 16 heavy (non-hydrogen) atoms. The van der Waals surface area contributed by atoms with Gasteiger partial charge in [-0.05, 0) is 13.0 Å². The molecule has 0 unspecified atom stereocenters. The standard InChI is InChI=1S/C11H15N5/c1-8-10-9(15-14-8)2-3-13-11(10)16-6-4-12-5-7-16/h2-3,12H,4-7H2,1H3,(H,14,15). The van der Waals surface area contributed by atoms with Crippen molar-refractivity contribution in [1.82, 2.24) is 20.5 Å². The molecule has 0 spiro atoms. The zero-order chi connectivity index (χ0) is 11.0. The molecule has 0 aromatic carbocycles. The topological polar surface area (TPSA) is 56.8 Å². The summed E-state index contributed by atoms with van der Waals surface area (Å²) in [7, 11) is 0. The van der Waals surface area contributed by atoms with E-state index in [0.717, 1.165) is 48.6 Å². The Hall–Kier alpha value is -1.62. The predicted molar refractivity (Wildman–Crippen MR) is 63.7 cm³/mol. The fourth-order valence-electron chi connectivity index (χ4n) is 2.21. The summed E-state index contributed by atoms with van der Waals surface area (Å²) in [4.78, 5) is 6.82. The van der Waals surface area contributed by atoms with Gasteiger partial charge in [0.05, 0.1) is 10.9 Å². The van der Waals surface area contributed by atoms with Gasteiger partial charge in [0.15, 0.2) is 0 Å². The molecular weight excluding hydrogens is 202 g/mol. The quantitative estimate of drug-likeness (QED) is 0.737. The molecule has 2 N–H and O–H groups in total. The van der Waals surface area contributed by atoms with Gasteiger partial charge in [-0.25, -0.2) is 4.98 Å². The van der Waals surface area contributed by atoms with Gasteiger partial charge in [0.2, 0.25) is 0 Å². The number of pyridine rings is 1. The van der Waals surface area contributed by atoms with E-state index in [-0.39, 0.29) is 0 Å². The van der Waals surface area contributed by atoms with Crippen molar-refractivity contribution >= 4 is 16.7 Å². The molecule has 5 nitrogen and oxygen atoms in total. The second-order valence-corrected chi connectivity index (χ2v) is 4.11. The molecule has 0 bridgehead atoms. The zero-order valence-corrected chi connectivity index (χ0v) is 9.32. The Labute approximate surface area is 93.9 Å². The van der Waals surface area contributed by atoms with Crippen LogP contribution in [0.5, 0.6) is 0 Å². The van der Waals surface area contributed by atoms with Gasteiger partial charge in [-0.3, -0.25) is 5.10 Å². The van der Waals surface area contributed by atoms with Gasteiger partial charge in [-0.1, -0.05) is 0 Å². The number of aromatic amines is 1. The number of nitrogens with one attached hydrogen (secondary N) is 2. The van der Waals surface area contributed by atoms with Crippen molar-refractivity contribution in [2.45, 2.75) is 6.92 Å². The molecule has 0 atom stereocenters. The van der Waals surface area contributed by atoms with Crippen molar-refractivity contribution in [2.24, 2.45) is 0 Å². The minimum Gasteiger partial charge on any atom is -0.353 e. The summed E-state index contributed by atoms with van der Waals surface area (Å²) < 4.78 is 0. The van der Waals surface area contributed by atoms with Crippen LogP contribution in [-0.2, 0) is 0 Å². The molecule has 0 saturated carbocycles. The van der Waals surface area contributed by atoms with Gasteiger partial charge >= 0.3 is 0 Å². The predicted octanol–water partition coefficient (Wildman–Crippen LogP) is 0.676. The van der Waals surface area contributed by atoms with Crippen LogP contribution in [0, 0.1) is 6.92 Å². The van der Waals surface area contributed by atoms with Gasteiger partial charge in [0, 0.05) is 38.1 Å². The summed E-state index contributed by atoms with van der Waals surface area (Å²) in [6.45, 7) is 6.11. The SMILES string of the molecule is Cc1[nH]nc2ccnc(N3CCNCC3)c12. The number of aromatic nitrogens is 3. The number of nitrogens with zero attached hydrogens (tertiary/aromatic N) is 3. The molecule has 1 aliphatic heterocycles. The highest BCUT2D eigenvalue weighted by molar-refractivity contribution is 5.91. The first-order valence-electron chi connectivity index (χ1n) is 5.61. The molecule has 0 aliphatic carbocycles. The summed E-state index contributed by atoms with van der Waals surface area (Å²) in [6, 6.07) is 1.95. The molecule has 2 aromatic heterocycles. The first-order valence-corrected chi connectivity index (χ1v) is 5.61. The lowest BCUT2D eigenvalue weighted by molar-refractivity contribution is 0.586. The second-order valence-electron chi connectivity index (χ2n) is 4.11. The Balaban J connectivity index is 2.10. The molecule has 3 rings (SSSR count). The van der Waals surface area contributed by atoms with Crippen LogP contribution in [0.3, 0.4) is 0 Å². The third-order valence-corrected chi connectivity index (χ3v) is 3.04. The normalized spacial score (nSPS) is 16.9. The van der Waals surface area contributed by atoms with E-state index in [4.69, 9.17) is 0 Å². The minimum atomic E-state index is 1.00. The largest absolute Gasteiger partial charge is 0.353 e. The van der Waals surface area contributed by atoms with E-state index >= 15 is 0 Å². The lowest BCUT2D eigenvalue weighted by Crippen LogP contribution is -2.44. The number of aryl methyl sites for hydroxylation is 1. The fraction of sp³-hybridized carbons (Fsp3) is 0.455. The van der Waals surface area contributed by atoms with Gasteiger partial charge in [0.1, 0.15) is 5.82 Å². The third-order valence-electron chi connectivity index (χ3n) is 3.04. The van der Waals surface area contributed by atoms with Crippen LogP contribution in [0.4, 0.5) is 5.82 Å². The van der Waals surface area contributed by atoms with Crippen molar-refractivity contribution in [3.05, 3.63) is 18.0 Å². The second kappa shape index (κ2) is 3.75. The van der Waals surface area contributed by atoms with Crippen LogP contribution < -0.4 is 10.2 Å². The maximum Gasteiger partial charge on any atom is 0.139 e. The van der Waals surface area contributed by atoms with E-state index in [1.807, 2.05) is 19.2 Å². The number of H-pyrrole nitrogens is 1.